The first kappa shape index (κ1) is 12.8. The van der Waals surface area contributed by atoms with Crippen LogP contribution in [0.2, 0.25) is 0 Å². The van der Waals surface area contributed by atoms with Gasteiger partial charge < -0.3 is 4.81 Å². The molecule has 0 aliphatic heterocycles. The van der Waals surface area contributed by atoms with Crippen molar-refractivity contribution in [2.45, 2.75) is 20.3 Å². The number of rotatable bonds is 2. The van der Waals surface area contributed by atoms with Crippen LogP contribution in [0.3, 0.4) is 0 Å². The second kappa shape index (κ2) is 7.25. The molecule has 0 heterocycles. The monoisotopic (exact) mass is 187 g/mol. The molecule has 0 atom stereocenters. The van der Waals surface area contributed by atoms with Crippen LogP contribution in [0.4, 0.5) is 0 Å². The Hall–Kier alpha value is -1.18. The fourth-order valence-electron chi connectivity index (χ4n) is 1.13. The molecule has 0 N–H and O–H groups in total. The minimum Gasteiger partial charge on any atom is -0.427 e. The lowest BCUT2D eigenvalue weighted by Gasteiger charge is -2.16. The fourth-order valence-corrected chi connectivity index (χ4v) is 1.13. The second-order valence-corrected chi connectivity index (χ2v) is 2.70. The summed E-state index contributed by atoms with van der Waals surface area (Å²) in [7, 11) is 7.47. The van der Waals surface area contributed by atoms with Crippen LogP contribution in [-0.4, -0.2) is 19.8 Å². The van der Waals surface area contributed by atoms with Gasteiger partial charge in [-0.05, 0) is 25.1 Å². The molecule has 0 amide bonds. The van der Waals surface area contributed by atoms with Gasteiger partial charge in [0.1, 0.15) is 0 Å². The minimum absolute atomic E-state index is 0.953. The van der Waals surface area contributed by atoms with Crippen molar-refractivity contribution in [2.75, 3.05) is 7.05 Å². The van der Waals surface area contributed by atoms with Crippen LogP contribution in [0.5, 0.6) is 0 Å². The normalized spacial score (nSPS) is 14.2. The molecule has 0 unspecified atom stereocenters. The average Bonchev–Trinajstić information content (AvgIpc) is 2.45. The molecule has 1 nitrogen and oxygen atoms in total. The van der Waals surface area contributed by atoms with Crippen molar-refractivity contribution in [3.63, 3.8) is 0 Å². The molecule has 2 radical (unpaired) electrons. The van der Waals surface area contributed by atoms with Gasteiger partial charge in [0, 0.05) is 5.70 Å². The van der Waals surface area contributed by atoms with Gasteiger partial charge in [0.05, 0.1) is 0 Å². The van der Waals surface area contributed by atoms with Crippen molar-refractivity contribution in [1.29, 1.82) is 0 Å². The summed E-state index contributed by atoms with van der Waals surface area (Å²) in [6.45, 7) is 7.73. The van der Waals surface area contributed by atoms with Crippen molar-refractivity contribution >= 4 is 7.98 Å². The van der Waals surface area contributed by atoms with E-state index in [-0.39, 0.29) is 0 Å². The Kier molecular flexibility index (Phi) is 6.64. The summed E-state index contributed by atoms with van der Waals surface area (Å²) >= 11 is 0. The summed E-state index contributed by atoms with van der Waals surface area (Å²) in [5, 5.41) is 0. The zero-order valence-electron chi connectivity index (χ0n) is 9.33. The second-order valence-electron chi connectivity index (χ2n) is 2.70. The third-order valence-corrected chi connectivity index (χ3v) is 1.74. The highest BCUT2D eigenvalue weighted by atomic mass is 15.0. The van der Waals surface area contributed by atoms with Gasteiger partial charge in [0.25, 0.3) is 0 Å². The van der Waals surface area contributed by atoms with E-state index in [2.05, 4.69) is 18.7 Å². The highest BCUT2D eigenvalue weighted by molar-refractivity contribution is 6.05. The molecule has 0 saturated heterocycles. The number of hydrogen-bond acceptors (Lipinski definition) is 1. The van der Waals surface area contributed by atoms with E-state index in [1.165, 1.54) is 0 Å². The molecule has 1 aliphatic rings. The Labute approximate surface area is 88.9 Å². The third kappa shape index (κ3) is 3.69. The minimum atomic E-state index is 0.953. The van der Waals surface area contributed by atoms with Gasteiger partial charge >= 0.3 is 0 Å². The number of allylic oxidation sites excluding steroid dienone is 6. The molecule has 14 heavy (non-hydrogen) atoms. The highest BCUT2D eigenvalue weighted by Crippen LogP contribution is 2.14. The number of nitrogens with zero attached hydrogens (tertiary/aromatic N) is 1. The molecule has 0 fully saturated rings. The topological polar surface area (TPSA) is 3.24 Å². The summed E-state index contributed by atoms with van der Waals surface area (Å²) in [4.78, 5) is 1.60. The van der Waals surface area contributed by atoms with E-state index < -0.39 is 0 Å². The van der Waals surface area contributed by atoms with Gasteiger partial charge in [0.2, 0.25) is 7.98 Å². The molecular weight excluding hydrogens is 169 g/mol. The molecule has 1 rings (SSSR count). The van der Waals surface area contributed by atoms with E-state index in [0.717, 1.165) is 17.7 Å². The van der Waals surface area contributed by atoms with Crippen LogP contribution in [0.1, 0.15) is 20.3 Å². The van der Waals surface area contributed by atoms with Crippen LogP contribution >= 0.6 is 0 Å². The van der Waals surface area contributed by atoms with Gasteiger partial charge in [0.15, 0.2) is 0 Å². The van der Waals surface area contributed by atoms with E-state index in [0.29, 0.717) is 0 Å². The lowest BCUT2D eigenvalue weighted by atomic mass is 10.1. The fraction of sp³-hybridized carbons (Fsp3) is 0.333. The first-order chi connectivity index (χ1) is 6.75. The van der Waals surface area contributed by atoms with Crippen molar-refractivity contribution in [2.24, 2.45) is 0 Å². The summed E-state index contributed by atoms with van der Waals surface area (Å²) in [6, 6.07) is 0. The largest absolute Gasteiger partial charge is 0.427 e. The molecule has 0 aromatic carbocycles. The Bertz CT molecular complexity index is 259. The molecule has 2 heteroatoms. The maximum absolute atomic E-state index is 5.65. The maximum atomic E-state index is 5.65. The predicted molar refractivity (Wildman–Crippen MR) is 65.0 cm³/mol. The lowest BCUT2D eigenvalue weighted by Crippen LogP contribution is -2.12. The standard InChI is InChI=1S/C10H12BN.C2H6/c1-3-9-7-5-4-6-8-10(9)12(2)11;1-2/h3,5-8H,1,4H2,2H3;1-2H3. The lowest BCUT2D eigenvalue weighted by molar-refractivity contribution is 0.699. The van der Waals surface area contributed by atoms with Gasteiger partial charge in [-0.1, -0.05) is 44.7 Å². The molecule has 0 aromatic rings. The average molecular weight is 187 g/mol. The summed E-state index contributed by atoms with van der Waals surface area (Å²) < 4.78 is 0. The SMILES string of the molecule is CC.[B]N(C)C1=C(C=C)C=CCC=C1. The number of likely N-dealkylation sites (N-methyl/N-ethyl adjacent to an activating group) is 1. The predicted octanol–water partition coefficient (Wildman–Crippen LogP) is 2.98. The third-order valence-electron chi connectivity index (χ3n) is 1.74. The molecular formula is C12H18BN. The van der Waals surface area contributed by atoms with Crippen LogP contribution in [-0.2, 0) is 0 Å². The first-order valence-corrected chi connectivity index (χ1v) is 4.94. The smallest absolute Gasteiger partial charge is 0.226 e. The molecule has 0 bridgehead atoms. The Morgan fingerprint density at radius 2 is 1.93 bits per heavy atom. The van der Waals surface area contributed by atoms with E-state index in [1.54, 1.807) is 4.81 Å². The van der Waals surface area contributed by atoms with E-state index in [9.17, 15) is 0 Å². The maximum Gasteiger partial charge on any atom is 0.226 e. The number of hydrogen-bond donors (Lipinski definition) is 0. The van der Waals surface area contributed by atoms with Crippen LogP contribution < -0.4 is 0 Å². The van der Waals surface area contributed by atoms with Gasteiger partial charge in [-0.2, -0.15) is 0 Å². The van der Waals surface area contributed by atoms with E-state index in [1.807, 2.05) is 39.1 Å². The molecule has 74 valence electrons. The molecule has 0 saturated carbocycles. The first-order valence-electron chi connectivity index (χ1n) is 4.94. The summed E-state index contributed by atoms with van der Waals surface area (Å²) in [6.07, 6.45) is 11.0. The summed E-state index contributed by atoms with van der Waals surface area (Å²) in [5.41, 5.74) is 2.06. The van der Waals surface area contributed by atoms with Crippen molar-refractivity contribution in [3.05, 3.63) is 48.2 Å². The highest BCUT2D eigenvalue weighted by Gasteiger charge is 2.01. The Morgan fingerprint density at radius 1 is 1.36 bits per heavy atom. The van der Waals surface area contributed by atoms with Gasteiger partial charge in [-0.25, -0.2) is 0 Å². The van der Waals surface area contributed by atoms with Crippen molar-refractivity contribution in [3.8, 4) is 0 Å². The van der Waals surface area contributed by atoms with Gasteiger partial charge in [-0.3, -0.25) is 0 Å². The van der Waals surface area contributed by atoms with Crippen molar-refractivity contribution < 1.29 is 0 Å². The van der Waals surface area contributed by atoms with Crippen LogP contribution in [0, 0.1) is 0 Å². The Balaban J connectivity index is 0.000000791. The zero-order valence-corrected chi connectivity index (χ0v) is 9.33. The van der Waals surface area contributed by atoms with Gasteiger partial charge in [-0.15, -0.1) is 0 Å². The van der Waals surface area contributed by atoms with E-state index in [4.69, 9.17) is 7.98 Å². The quantitative estimate of drug-likeness (QED) is 0.600. The van der Waals surface area contributed by atoms with Crippen molar-refractivity contribution in [1.82, 2.24) is 4.81 Å². The van der Waals surface area contributed by atoms with Crippen LogP contribution in [0.15, 0.2) is 48.2 Å². The zero-order chi connectivity index (χ0) is 11.0. The van der Waals surface area contributed by atoms with Crippen LogP contribution in [0.25, 0.3) is 0 Å². The van der Waals surface area contributed by atoms with E-state index >= 15 is 0 Å². The molecule has 0 spiro atoms. The molecule has 1 aliphatic carbocycles. The molecule has 0 aromatic heterocycles. The summed E-state index contributed by atoms with van der Waals surface area (Å²) in [5.74, 6) is 0. The Morgan fingerprint density at radius 3 is 2.43 bits per heavy atom.